The Morgan fingerprint density at radius 3 is 3.11 bits per heavy atom. The molecule has 7 heteroatoms. The molecule has 2 rings (SSSR count). The van der Waals surface area contributed by atoms with Gasteiger partial charge in [-0.1, -0.05) is 5.21 Å². The maximum Gasteiger partial charge on any atom is 0.242 e. The standard InChI is InChI=1S/C11H12N4O3/c1-8(10-3-2-4-18-10)12-11(17)6-15-5-9(7-16)13-14-15/h2-5,7-8H,6H2,1H3,(H,12,17). The second-order valence-corrected chi connectivity index (χ2v) is 3.76. The second kappa shape index (κ2) is 5.26. The van der Waals surface area contributed by atoms with Gasteiger partial charge in [0.15, 0.2) is 6.29 Å². The molecule has 1 atom stereocenters. The Kier molecular flexibility index (Phi) is 3.52. The van der Waals surface area contributed by atoms with E-state index in [1.807, 2.05) is 6.92 Å². The van der Waals surface area contributed by atoms with Gasteiger partial charge in [-0.25, -0.2) is 4.68 Å². The van der Waals surface area contributed by atoms with Gasteiger partial charge in [0, 0.05) is 0 Å². The van der Waals surface area contributed by atoms with Crippen LogP contribution >= 0.6 is 0 Å². The number of furan rings is 1. The summed E-state index contributed by atoms with van der Waals surface area (Å²) in [5.41, 5.74) is 0.196. The maximum atomic E-state index is 11.7. The lowest BCUT2D eigenvalue weighted by Gasteiger charge is -2.10. The summed E-state index contributed by atoms with van der Waals surface area (Å²) in [6.07, 6.45) is 3.53. The molecule has 2 heterocycles. The largest absolute Gasteiger partial charge is 0.467 e. The predicted molar refractivity (Wildman–Crippen MR) is 60.7 cm³/mol. The van der Waals surface area contributed by atoms with Crippen LogP contribution in [0.4, 0.5) is 0 Å². The summed E-state index contributed by atoms with van der Waals surface area (Å²) in [7, 11) is 0. The highest BCUT2D eigenvalue weighted by molar-refractivity contribution is 5.76. The van der Waals surface area contributed by atoms with Crippen LogP contribution < -0.4 is 5.32 Å². The van der Waals surface area contributed by atoms with Crippen LogP contribution in [0, 0.1) is 0 Å². The third kappa shape index (κ3) is 2.82. The van der Waals surface area contributed by atoms with Gasteiger partial charge in [-0.2, -0.15) is 0 Å². The van der Waals surface area contributed by atoms with Gasteiger partial charge >= 0.3 is 0 Å². The van der Waals surface area contributed by atoms with Gasteiger partial charge in [0.25, 0.3) is 0 Å². The molecule has 1 unspecified atom stereocenters. The first kappa shape index (κ1) is 12.0. The molecule has 0 fully saturated rings. The highest BCUT2D eigenvalue weighted by Gasteiger charge is 2.12. The topological polar surface area (TPSA) is 90.0 Å². The van der Waals surface area contributed by atoms with E-state index in [1.165, 1.54) is 10.9 Å². The molecule has 0 saturated heterocycles. The molecule has 1 N–H and O–H groups in total. The predicted octanol–water partition coefficient (Wildman–Crippen LogP) is 0.561. The molecule has 1 amide bonds. The third-order valence-corrected chi connectivity index (χ3v) is 2.33. The van der Waals surface area contributed by atoms with Crippen LogP contribution in [0.15, 0.2) is 29.0 Å². The number of nitrogens with one attached hydrogen (secondary N) is 1. The summed E-state index contributed by atoms with van der Waals surface area (Å²) >= 11 is 0. The fraction of sp³-hybridized carbons (Fsp3) is 0.273. The SMILES string of the molecule is CC(NC(=O)Cn1cc(C=O)nn1)c1ccco1. The molecule has 7 nitrogen and oxygen atoms in total. The molecule has 0 saturated carbocycles. The van der Waals surface area contributed by atoms with E-state index in [2.05, 4.69) is 15.6 Å². The Bertz CT molecular complexity index is 532. The number of hydrogen-bond acceptors (Lipinski definition) is 5. The van der Waals surface area contributed by atoms with Crippen molar-refractivity contribution in [3.8, 4) is 0 Å². The number of aromatic nitrogens is 3. The molecule has 0 radical (unpaired) electrons. The summed E-state index contributed by atoms with van der Waals surface area (Å²) in [5, 5.41) is 9.96. The van der Waals surface area contributed by atoms with Crippen molar-refractivity contribution >= 4 is 12.2 Å². The Morgan fingerprint density at radius 2 is 2.50 bits per heavy atom. The number of rotatable bonds is 5. The van der Waals surface area contributed by atoms with Gasteiger partial charge in [-0.05, 0) is 19.1 Å². The van der Waals surface area contributed by atoms with Crippen molar-refractivity contribution in [2.24, 2.45) is 0 Å². The zero-order chi connectivity index (χ0) is 13.0. The molecule has 0 aliphatic carbocycles. The number of nitrogens with zero attached hydrogens (tertiary/aromatic N) is 3. The minimum Gasteiger partial charge on any atom is -0.467 e. The van der Waals surface area contributed by atoms with Crippen LogP contribution in [-0.4, -0.2) is 27.2 Å². The summed E-state index contributed by atoms with van der Waals surface area (Å²) in [6.45, 7) is 1.82. The molecule has 0 aromatic carbocycles. The molecule has 94 valence electrons. The zero-order valence-electron chi connectivity index (χ0n) is 9.74. The quantitative estimate of drug-likeness (QED) is 0.781. The smallest absolute Gasteiger partial charge is 0.242 e. The van der Waals surface area contributed by atoms with Crippen molar-refractivity contribution < 1.29 is 14.0 Å². The Labute approximate surface area is 103 Å². The van der Waals surface area contributed by atoms with Crippen molar-refractivity contribution in [1.82, 2.24) is 20.3 Å². The van der Waals surface area contributed by atoms with Crippen molar-refractivity contribution in [3.63, 3.8) is 0 Å². The maximum absolute atomic E-state index is 11.7. The number of carbonyl (C=O) groups excluding carboxylic acids is 2. The van der Waals surface area contributed by atoms with Crippen molar-refractivity contribution in [2.45, 2.75) is 19.5 Å². The first-order chi connectivity index (χ1) is 8.69. The van der Waals surface area contributed by atoms with Crippen LogP contribution in [0.5, 0.6) is 0 Å². The minimum atomic E-state index is -0.235. The highest BCUT2D eigenvalue weighted by atomic mass is 16.3. The molecule has 0 aliphatic rings. The van der Waals surface area contributed by atoms with Gasteiger partial charge in [-0.3, -0.25) is 9.59 Å². The fourth-order valence-electron chi connectivity index (χ4n) is 1.49. The average molecular weight is 248 g/mol. The molecule has 0 bridgehead atoms. The molecular formula is C11H12N4O3. The lowest BCUT2D eigenvalue weighted by Crippen LogP contribution is -2.30. The molecule has 0 aliphatic heterocycles. The van der Waals surface area contributed by atoms with E-state index in [0.29, 0.717) is 12.0 Å². The van der Waals surface area contributed by atoms with Crippen molar-refractivity contribution in [3.05, 3.63) is 36.0 Å². The molecule has 18 heavy (non-hydrogen) atoms. The normalized spacial score (nSPS) is 12.1. The molecule has 2 aromatic rings. The lowest BCUT2D eigenvalue weighted by atomic mass is 10.2. The van der Waals surface area contributed by atoms with Gasteiger partial charge in [0.1, 0.15) is 18.0 Å². The lowest BCUT2D eigenvalue weighted by molar-refractivity contribution is -0.122. The monoisotopic (exact) mass is 248 g/mol. The molecule has 0 spiro atoms. The average Bonchev–Trinajstić information content (AvgIpc) is 2.98. The van der Waals surface area contributed by atoms with Crippen LogP contribution in [0.3, 0.4) is 0 Å². The van der Waals surface area contributed by atoms with E-state index in [-0.39, 0.29) is 24.2 Å². The summed E-state index contributed by atoms with van der Waals surface area (Å²) in [6, 6.07) is 3.32. The summed E-state index contributed by atoms with van der Waals surface area (Å²) in [4.78, 5) is 22.1. The third-order valence-electron chi connectivity index (χ3n) is 2.33. The fourth-order valence-corrected chi connectivity index (χ4v) is 1.49. The Balaban J connectivity index is 1.90. The van der Waals surface area contributed by atoms with Gasteiger partial charge in [0.2, 0.25) is 5.91 Å². The van der Waals surface area contributed by atoms with E-state index < -0.39 is 0 Å². The van der Waals surface area contributed by atoms with Gasteiger partial charge < -0.3 is 9.73 Å². The summed E-state index contributed by atoms with van der Waals surface area (Å²) < 4.78 is 6.47. The molecular weight excluding hydrogens is 236 g/mol. The van der Waals surface area contributed by atoms with Crippen molar-refractivity contribution in [1.29, 1.82) is 0 Å². The van der Waals surface area contributed by atoms with Crippen LogP contribution in [0.2, 0.25) is 0 Å². The zero-order valence-corrected chi connectivity index (χ0v) is 9.74. The highest BCUT2D eigenvalue weighted by Crippen LogP contribution is 2.11. The van der Waals surface area contributed by atoms with Crippen LogP contribution in [-0.2, 0) is 11.3 Å². The molecule has 2 aromatic heterocycles. The number of amides is 1. The minimum absolute atomic E-state index is 0.00584. The van der Waals surface area contributed by atoms with E-state index >= 15 is 0 Å². The van der Waals surface area contributed by atoms with Crippen LogP contribution in [0.1, 0.15) is 29.2 Å². The van der Waals surface area contributed by atoms with E-state index in [1.54, 1.807) is 18.4 Å². The first-order valence-corrected chi connectivity index (χ1v) is 5.37. The Hall–Kier alpha value is -2.44. The van der Waals surface area contributed by atoms with E-state index in [9.17, 15) is 9.59 Å². The van der Waals surface area contributed by atoms with Gasteiger partial charge in [0.05, 0.1) is 18.5 Å². The Morgan fingerprint density at radius 1 is 1.67 bits per heavy atom. The number of hydrogen-bond donors (Lipinski definition) is 1. The van der Waals surface area contributed by atoms with E-state index in [4.69, 9.17) is 4.42 Å². The van der Waals surface area contributed by atoms with Gasteiger partial charge in [-0.15, -0.1) is 5.10 Å². The first-order valence-electron chi connectivity index (χ1n) is 5.37. The summed E-state index contributed by atoms with van der Waals surface area (Å²) in [5.74, 6) is 0.441. The van der Waals surface area contributed by atoms with Crippen LogP contribution in [0.25, 0.3) is 0 Å². The van der Waals surface area contributed by atoms with E-state index in [0.717, 1.165) is 0 Å². The van der Waals surface area contributed by atoms with Crippen molar-refractivity contribution in [2.75, 3.05) is 0 Å². The number of carbonyl (C=O) groups is 2. The number of aldehydes is 1. The second-order valence-electron chi connectivity index (χ2n) is 3.76.